The first-order valence-corrected chi connectivity index (χ1v) is 12.3. The monoisotopic (exact) mass is 464 g/mol. The van der Waals surface area contributed by atoms with Crippen LogP contribution in [0.2, 0.25) is 0 Å². The summed E-state index contributed by atoms with van der Waals surface area (Å²) in [7, 11) is 0. The van der Waals surface area contributed by atoms with Crippen molar-refractivity contribution in [3.8, 4) is 5.75 Å². The number of benzene rings is 2. The fourth-order valence-electron chi connectivity index (χ4n) is 3.65. The molecule has 3 aromatic rings. The fourth-order valence-corrected chi connectivity index (χ4v) is 4.40. The number of carbonyl (C=O) groups is 1. The van der Waals surface area contributed by atoms with Crippen LogP contribution in [0.5, 0.6) is 5.75 Å². The highest BCUT2D eigenvalue weighted by Gasteiger charge is 2.20. The molecule has 0 bridgehead atoms. The van der Waals surface area contributed by atoms with E-state index < -0.39 is 0 Å². The van der Waals surface area contributed by atoms with Crippen LogP contribution in [0.4, 0.5) is 5.69 Å². The third-order valence-electron chi connectivity index (χ3n) is 5.41. The Kier molecular flexibility index (Phi) is 8.72. The molecule has 6 nitrogen and oxygen atoms in total. The molecule has 1 amide bonds. The van der Waals surface area contributed by atoms with E-state index in [9.17, 15) is 4.79 Å². The molecule has 7 heteroatoms. The second-order valence-electron chi connectivity index (χ2n) is 7.76. The number of nitrogens with zero attached hydrogens (tertiary/aromatic N) is 3. The summed E-state index contributed by atoms with van der Waals surface area (Å²) < 4.78 is 8.09. The van der Waals surface area contributed by atoms with Crippen LogP contribution in [0.25, 0.3) is 0 Å². The van der Waals surface area contributed by atoms with Crippen LogP contribution in [-0.4, -0.2) is 26.4 Å². The molecule has 0 saturated heterocycles. The van der Waals surface area contributed by atoms with Gasteiger partial charge in [-0.2, -0.15) is 0 Å². The number of amides is 1. The lowest BCUT2D eigenvalue weighted by atomic mass is 10.0. The minimum Gasteiger partial charge on any atom is -0.482 e. The van der Waals surface area contributed by atoms with Gasteiger partial charge in [-0.15, -0.1) is 16.8 Å². The zero-order valence-electron chi connectivity index (χ0n) is 19.8. The lowest BCUT2D eigenvalue weighted by molar-refractivity contribution is -0.113. The van der Waals surface area contributed by atoms with Gasteiger partial charge in [0.2, 0.25) is 5.91 Å². The summed E-state index contributed by atoms with van der Waals surface area (Å²) in [5.41, 5.74) is 4.28. The van der Waals surface area contributed by atoms with Gasteiger partial charge in [0.1, 0.15) is 5.75 Å². The second-order valence-corrected chi connectivity index (χ2v) is 8.70. The molecular formula is C26H32N4O2S. The lowest BCUT2D eigenvalue weighted by Crippen LogP contribution is -2.17. The van der Waals surface area contributed by atoms with Crippen LogP contribution in [0.3, 0.4) is 0 Å². The quantitative estimate of drug-likeness (QED) is 0.288. The van der Waals surface area contributed by atoms with Crippen molar-refractivity contribution in [2.45, 2.75) is 58.3 Å². The van der Waals surface area contributed by atoms with Crippen LogP contribution < -0.4 is 10.1 Å². The first kappa shape index (κ1) is 24.6. The van der Waals surface area contributed by atoms with Gasteiger partial charge in [0, 0.05) is 12.2 Å². The molecule has 0 fully saturated rings. The highest BCUT2D eigenvalue weighted by Crippen LogP contribution is 2.27. The number of allylic oxidation sites excluding steroid dienone is 1. The first-order valence-electron chi connectivity index (χ1n) is 11.3. The predicted octanol–water partition coefficient (Wildman–Crippen LogP) is 5.77. The Hall–Kier alpha value is -3.06. The van der Waals surface area contributed by atoms with Gasteiger partial charge in [-0.1, -0.05) is 68.1 Å². The van der Waals surface area contributed by atoms with Crippen LogP contribution in [0.1, 0.15) is 49.4 Å². The zero-order valence-corrected chi connectivity index (χ0v) is 20.6. The molecule has 33 heavy (non-hydrogen) atoms. The summed E-state index contributed by atoms with van der Waals surface area (Å²) in [6.45, 7) is 12.5. The normalized spacial score (nSPS) is 11.8. The van der Waals surface area contributed by atoms with Crippen molar-refractivity contribution in [1.82, 2.24) is 14.8 Å². The number of aromatic nitrogens is 3. The number of carbonyl (C=O) groups excluding carboxylic acids is 1. The molecule has 0 aliphatic carbocycles. The molecule has 3 rings (SSSR count). The molecule has 2 aromatic carbocycles. The molecule has 0 radical (unpaired) electrons. The maximum atomic E-state index is 12.8. The number of hydrogen-bond acceptors (Lipinski definition) is 5. The molecular weight excluding hydrogens is 432 g/mol. The number of nitrogens with one attached hydrogen (secondary N) is 1. The van der Waals surface area contributed by atoms with Crippen LogP contribution in [-0.2, 0) is 24.2 Å². The Labute approximate surface area is 200 Å². The maximum absolute atomic E-state index is 12.8. The van der Waals surface area contributed by atoms with E-state index >= 15 is 0 Å². The van der Waals surface area contributed by atoms with Gasteiger partial charge >= 0.3 is 0 Å². The van der Waals surface area contributed by atoms with Gasteiger partial charge in [-0.3, -0.25) is 9.36 Å². The Morgan fingerprint density at radius 3 is 2.48 bits per heavy atom. The minimum atomic E-state index is -0.301. The number of thioether (sulfide) groups is 1. The molecule has 0 spiro atoms. The smallest absolute Gasteiger partial charge is 0.234 e. The molecule has 1 atom stereocenters. The topological polar surface area (TPSA) is 69.0 Å². The maximum Gasteiger partial charge on any atom is 0.234 e. The summed E-state index contributed by atoms with van der Waals surface area (Å²) in [6, 6.07) is 14.0. The Balaban J connectivity index is 1.72. The molecule has 1 unspecified atom stereocenters. The van der Waals surface area contributed by atoms with Gasteiger partial charge < -0.3 is 10.1 Å². The SMILES string of the molecule is C=CCn1c(SCC(=O)Nc2c(CC)cccc2CC)nnc1C(C)Oc1ccccc1C. The number of rotatable bonds is 11. The zero-order chi connectivity index (χ0) is 23.8. The highest BCUT2D eigenvalue weighted by atomic mass is 32.2. The van der Waals surface area contributed by atoms with Crippen molar-refractivity contribution in [1.29, 1.82) is 0 Å². The molecule has 0 aliphatic heterocycles. The summed E-state index contributed by atoms with van der Waals surface area (Å²) >= 11 is 1.36. The average Bonchev–Trinajstić information content (AvgIpc) is 3.22. The summed E-state index contributed by atoms with van der Waals surface area (Å²) in [6.07, 6.45) is 3.23. The van der Waals surface area contributed by atoms with Crippen molar-refractivity contribution in [2.24, 2.45) is 0 Å². The third kappa shape index (κ3) is 6.05. The molecule has 0 saturated carbocycles. The number of hydrogen-bond donors (Lipinski definition) is 1. The Morgan fingerprint density at radius 2 is 1.85 bits per heavy atom. The van der Waals surface area contributed by atoms with Crippen LogP contribution >= 0.6 is 11.8 Å². The van der Waals surface area contributed by atoms with Gasteiger partial charge in [0.25, 0.3) is 0 Å². The molecule has 1 N–H and O–H groups in total. The number of aryl methyl sites for hydroxylation is 3. The molecule has 1 aromatic heterocycles. The Bertz CT molecular complexity index is 1090. The largest absolute Gasteiger partial charge is 0.482 e. The third-order valence-corrected chi connectivity index (χ3v) is 6.38. The van der Waals surface area contributed by atoms with Crippen molar-refractivity contribution < 1.29 is 9.53 Å². The van der Waals surface area contributed by atoms with E-state index in [1.807, 2.05) is 48.7 Å². The number of ether oxygens (including phenoxy) is 1. The number of anilines is 1. The molecule has 174 valence electrons. The van der Waals surface area contributed by atoms with Crippen molar-refractivity contribution in [3.05, 3.63) is 77.6 Å². The summed E-state index contributed by atoms with van der Waals surface area (Å²) in [4.78, 5) is 12.8. The summed E-state index contributed by atoms with van der Waals surface area (Å²) in [5, 5.41) is 12.5. The first-order chi connectivity index (χ1) is 16.0. The molecule has 1 heterocycles. The average molecular weight is 465 g/mol. The standard InChI is InChI=1S/C26H32N4O2S/c1-6-16-30-25(19(5)32-22-15-10-9-12-18(22)4)28-29-26(30)33-17-23(31)27-24-20(7-2)13-11-14-21(24)8-3/h6,9-15,19H,1,7-8,16-17H2,2-5H3,(H,27,31). The minimum absolute atomic E-state index is 0.0606. The predicted molar refractivity (Wildman–Crippen MR) is 135 cm³/mol. The summed E-state index contributed by atoms with van der Waals surface area (Å²) in [5.74, 6) is 1.69. The Morgan fingerprint density at radius 1 is 1.15 bits per heavy atom. The van der Waals surface area contributed by atoms with Gasteiger partial charge in [-0.25, -0.2) is 0 Å². The van der Waals surface area contributed by atoms with E-state index in [2.05, 4.69) is 48.1 Å². The van der Waals surface area contributed by atoms with E-state index in [0.29, 0.717) is 17.5 Å². The fraction of sp³-hybridized carbons (Fsp3) is 0.346. The van der Waals surface area contributed by atoms with E-state index in [4.69, 9.17) is 4.74 Å². The van der Waals surface area contributed by atoms with E-state index in [1.165, 1.54) is 11.8 Å². The lowest BCUT2D eigenvalue weighted by Gasteiger charge is -2.17. The van der Waals surface area contributed by atoms with Crippen molar-refractivity contribution in [2.75, 3.05) is 11.1 Å². The molecule has 0 aliphatic rings. The van der Waals surface area contributed by atoms with Crippen molar-refractivity contribution in [3.63, 3.8) is 0 Å². The van der Waals surface area contributed by atoms with Crippen LogP contribution in [0, 0.1) is 6.92 Å². The highest BCUT2D eigenvalue weighted by molar-refractivity contribution is 7.99. The van der Waals surface area contributed by atoms with Gasteiger partial charge in [0.15, 0.2) is 17.1 Å². The van der Waals surface area contributed by atoms with E-state index in [0.717, 1.165) is 41.0 Å². The van der Waals surface area contributed by atoms with Crippen molar-refractivity contribution >= 4 is 23.4 Å². The van der Waals surface area contributed by atoms with Gasteiger partial charge in [-0.05, 0) is 49.4 Å². The van der Waals surface area contributed by atoms with Crippen LogP contribution in [0.15, 0.2) is 60.3 Å². The second kappa shape index (κ2) is 11.7. The van der Waals surface area contributed by atoms with Gasteiger partial charge in [0.05, 0.1) is 5.75 Å². The number of para-hydroxylation sites is 2. The van der Waals surface area contributed by atoms with E-state index in [-0.39, 0.29) is 17.8 Å². The van der Waals surface area contributed by atoms with E-state index in [1.54, 1.807) is 6.08 Å².